The van der Waals surface area contributed by atoms with Crippen LogP contribution in [0.1, 0.15) is 0 Å². The lowest BCUT2D eigenvalue weighted by Gasteiger charge is -2.26. The van der Waals surface area contributed by atoms with Crippen LogP contribution in [0.15, 0.2) is 109 Å². The predicted octanol–water partition coefficient (Wildman–Crippen LogP) is 6.77. The first-order chi connectivity index (χ1) is 16.6. The number of nitrogens with zero attached hydrogens (tertiary/aromatic N) is 2. The lowest BCUT2D eigenvalue weighted by molar-refractivity contribution is 0.181. The molecule has 0 spiro atoms. The molecule has 4 rings (SSSR count). The molecule has 7 heteroatoms. The molecule has 2 N–H and O–H groups in total. The number of methoxy groups -OCH3 is 1. The van der Waals surface area contributed by atoms with Crippen molar-refractivity contribution in [2.75, 3.05) is 16.9 Å². The molecule has 0 bridgehead atoms. The summed E-state index contributed by atoms with van der Waals surface area (Å²) in [5.41, 5.74) is 8.85. The van der Waals surface area contributed by atoms with Crippen molar-refractivity contribution in [3.63, 3.8) is 0 Å². The van der Waals surface area contributed by atoms with Gasteiger partial charge < -0.3 is 15.2 Å². The lowest BCUT2D eigenvalue weighted by Crippen LogP contribution is -2.31. The molecule has 0 aliphatic heterocycles. The minimum atomic E-state index is -0.507. The summed E-state index contributed by atoms with van der Waals surface area (Å²) in [5.74, 6) is 1.44. The van der Waals surface area contributed by atoms with Crippen molar-refractivity contribution in [2.24, 2.45) is 5.73 Å². The van der Waals surface area contributed by atoms with Gasteiger partial charge in [-0.25, -0.2) is 9.69 Å². The van der Waals surface area contributed by atoms with Gasteiger partial charge >= 0.3 is 6.09 Å². The lowest BCUT2D eigenvalue weighted by atomic mass is 10.2. The van der Waals surface area contributed by atoms with Crippen molar-refractivity contribution in [3.8, 4) is 11.5 Å². The van der Waals surface area contributed by atoms with Crippen molar-refractivity contribution in [1.82, 2.24) is 0 Å². The Labute approximate surface area is 203 Å². The van der Waals surface area contributed by atoms with Crippen LogP contribution in [-0.4, -0.2) is 18.3 Å². The summed E-state index contributed by atoms with van der Waals surface area (Å²) in [5, 5.41) is 0.165. The molecular weight excluding hydrogens is 446 g/mol. The third-order valence-corrected chi connectivity index (χ3v) is 5.19. The Morgan fingerprint density at radius 3 is 1.76 bits per heavy atom. The van der Waals surface area contributed by atoms with Gasteiger partial charge in [0.2, 0.25) is 0 Å². The Bertz CT molecular complexity index is 1270. The summed E-state index contributed by atoms with van der Waals surface area (Å²) in [6, 6.07) is 33.6. The van der Waals surface area contributed by atoms with Crippen molar-refractivity contribution in [2.45, 2.75) is 0 Å². The van der Waals surface area contributed by atoms with Gasteiger partial charge in [0.05, 0.1) is 24.2 Å². The fraction of sp³-hybridized carbons (Fsp3) is 0.0370. The average molecular weight is 470 g/mol. The van der Waals surface area contributed by atoms with Crippen LogP contribution in [0.3, 0.4) is 0 Å². The first kappa shape index (κ1) is 22.8. The maximum atomic E-state index is 12.6. The van der Waals surface area contributed by atoms with Gasteiger partial charge in [0, 0.05) is 5.69 Å². The molecule has 0 heterocycles. The van der Waals surface area contributed by atoms with E-state index in [0.29, 0.717) is 22.8 Å². The van der Waals surface area contributed by atoms with E-state index in [1.807, 2.05) is 109 Å². The van der Waals surface area contributed by atoms with Gasteiger partial charge in [-0.15, -0.1) is 0 Å². The zero-order valence-corrected chi connectivity index (χ0v) is 19.3. The maximum absolute atomic E-state index is 12.6. The van der Waals surface area contributed by atoms with E-state index in [2.05, 4.69) is 0 Å². The minimum absolute atomic E-state index is 0.165. The van der Waals surface area contributed by atoms with Gasteiger partial charge in [-0.1, -0.05) is 42.5 Å². The molecule has 1 amide bonds. The number of ether oxygens (including phenoxy) is 2. The molecule has 34 heavy (non-hydrogen) atoms. The number of carbonyl (C=O) groups is 1. The molecule has 0 aromatic heterocycles. The number of thiocarbonyl (C=S) groups is 1. The molecule has 0 saturated carbocycles. The molecule has 4 aromatic carbocycles. The fourth-order valence-corrected chi connectivity index (χ4v) is 3.70. The molecule has 0 aliphatic rings. The van der Waals surface area contributed by atoms with Crippen molar-refractivity contribution in [3.05, 3.63) is 109 Å². The number of para-hydroxylation sites is 2. The number of hydrogen-bond acceptors (Lipinski definition) is 4. The van der Waals surface area contributed by atoms with Crippen LogP contribution in [0.5, 0.6) is 11.5 Å². The summed E-state index contributed by atoms with van der Waals surface area (Å²) in [7, 11) is 1.35. The predicted molar refractivity (Wildman–Crippen MR) is 139 cm³/mol. The SMILES string of the molecule is COC(=O)N(c1ccccc1)c1cccc(N(C(N)=S)c2ccc(Oc3ccccc3)cc2)c1. The van der Waals surface area contributed by atoms with Gasteiger partial charge in [-0.2, -0.15) is 0 Å². The summed E-state index contributed by atoms with van der Waals surface area (Å²) in [4.78, 5) is 15.8. The van der Waals surface area contributed by atoms with Crippen LogP contribution in [0.2, 0.25) is 0 Å². The standard InChI is InChI=1S/C27H23N3O3S/c1-32-27(31)30(20-9-4-2-5-10-20)23-12-8-11-22(19-23)29(26(28)34)21-15-17-25(18-16-21)33-24-13-6-3-7-14-24/h2-19H,1H3,(H2,28,34). The summed E-state index contributed by atoms with van der Waals surface area (Å²) >= 11 is 5.36. The summed E-state index contributed by atoms with van der Waals surface area (Å²) < 4.78 is 10.9. The first-order valence-corrected chi connectivity index (χ1v) is 10.9. The highest BCUT2D eigenvalue weighted by Crippen LogP contribution is 2.33. The topological polar surface area (TPSA) is 68.0 Å². The van der Waals surface area contributed by atoms with Gasteiger partial charge in [-0.05, 0) is 78.9 Å². The van der Waals surface area contributed by atoms with E-state index >= 15 is 0 Å². The first-order valence-electron chi connectivity index (χ1n) is 10.5. The Morgan fingerprint density at radius 1 is 0.676 bits per heavy atom. The minimum Gasteiger partial charge on any atom is -0.457 e. The molecule has 0 aliphatic carbocycles. The van der Waals surface area contributed by atoms with E-state index in [9.17, 15) is 4.79 Å². The van der Waals surface area contributed by atoms with Gasteiger partial charge in [0.15, 0.2) is 5.11 Å². The van der Waals surface area contributed by atoms with E-state index in [1.54, 1.807) is 4.90 Å². The van der Waals surface area contributed by atoms with Crippen LogP contribution < -0.4 is 20.3 Å². The Kier molecular flexibility index (Phi) is 7.05. The normalized spacial score (nSPS) is 10.3. The monoisotopic (exact) mass is 469 g/mol. The van der Waals surface area contributed by atoms with Crippen LogP contribution in [0.25, 0.3) is 0 Å². The molecule has 0 atom stereocenters. The largest absolute Gasteiger partial charge is 0.457 e. The second-order valence-corrected chi connectivity index (χ2v) is 7.66. The smallest absolute Gasteiger partial charge is 0.418 e. The molecule has 0 fully saturated rings. The number of nitrogens with two attached hydrogens (primary N) is 1. The Morgan fingerprint density at radius 2 is 1.18 bits per heavy atom. The number of hydrogen-bond donors (Lipinski definition) is 1. The summed E-state index contributed by atoms with van der Waals surface area (Å²) in [6.45, 7) is 0. The highest BCUT2D eigenvalue weighted by atomic mass is 32.1. The Balaban J connectivity index is 1.66. The molecule has 0 saturated heterocycles. The van der Waals surface area contributed by atoms with E-state index < -0.39 is 6.09 Å². The second kappa shape index (κ2) is 10.5. The van der Waals surface area contributed by atoms with Crippen LogP contribution in [0, 0.1) is 0 Å². The maximum Gasteiger partial charge on any atom is 0.418 e. The zero-order valence-electron chi connectivity index (χ0n) is 18.5. The van der Waals surface area contributed by atoms with Crippen LogP contribution in [-0.2, 0) is 4.74 Å². The van der Waals surface area contributed by atoms with Gasteiger partial charge in [0.25, 0.3) is 0 Å². The van der Waals surface area contributed by atoms with E-state index in [4.69, 9.17) is 27.4 Å². The van der Waals surface area contributed by atoms with Crippen LogP contribution >= 0.6 is 12.2 Å². The fourth-order valence-electron chi connectivity index (χ4n) is 3.49. The highest BCUT2D eigenvalue weighted by molar-refractivity contribution is 7.80. The molecule has 0 unspecified atom stereocenters. The summed E-state index contributed by atoms with van der Waals surface area (Å²) in [6.07, 6.45) is -0.507. The third kappa shape index (κ3) is 5.16. The molecule has 170 valence electrons. The average Bonchev–Trinajstić information content (AvgIpc) is 2.87. The quantitative estimate of drug-likeness (QED) is 0.315. The number of benzene rings is 4. The number of anilines is 4. The van der Waals surface area contributed by atoms with E-state index in [1.165, 1.54) is 12.0 Å². The Hall–Kier alpha value is -4.36. The number of rotatable bonds is 6. The molecule has 4 aromatic rings. The van der Waals surface area contributed by atoms with Crippen molar-refractivity contribution < 1.29 is 14.3 Å². The highest BCUT2D eigenvalue weighted by Gasteiger charge is 2.20. The number of carbonyl (C=O) groups excluding carboxylic acids is 1. The molecule has 6 nitrogen and oxygen atoms in total. The second-order valence-electron chi connectivity index (χ2n) is 7.24. The van der Waals surface area contributed by atoms with E-state index in [0.717, 1.165) is 11.4 Å². The molecule has 0 radical (unpaired) electrons. The third-order valence-electron chi connectivity index (χ3n) is 5.01. The zero-order chi connectivity index (χ0) is 23.9. The van der Waals surface area contributed by atoms with Crippen molar-refractivity contribution in [1.29, 1.82) is 0 Å². The number of amides is 1. The van der Waals surface area contributed by atoms with Gasteiger partial charge in [-0.3, -0.25) is 4.90 Å². The van der Waals surface area contributed by atoms with Crippen LogP contribution in [0.4, 0.5) is 27.5 Å². The molecular formula is C27H23N3O3S. The van der Waals surface area contributed by atoms with E-state index in [-0.39, 0.29) is 5.11 Å². The van der Waals surface area contributed by atoms with Crippen molar-refractivity contribution >= 4 is 46.2 Å². The van der Waals surface area contributed by atoms with Gasteiger partial charge in [0.1, 0.15) is 11.5 Å².